The van der Waals surface area contributed by atoms with Gasteiger partial charge in [-0.15, -0.1) is 0 Å². The number of halogens is 3. The van der Waals surface area contributed by atoms with Crippen molar-refractivity contribution in [3.63, 3.8) is 0 Å². The summed E-state index contributed by atoms with van der Waals surface area (Å²) in [5.74, 6) is -1.59. The number of amides is 2. The average molecular weight is 685 g/mol. The quantitative estimate of drug-likeness (QED) is 0.164. The molecule has 0 heterocycles. The van der Waals surface area contributed by atoms with Crippen LogP contribution in [-0.4, -0.2) is 44.3 Å². The third-order valence-corrected chi connectivity index (χ3v) is 9.86. The van der Waals surface area contributed by atoms with Crippen LogP contribution in [0, 0.1) is 18.7 Å². The van der Waals surface area contributed by atoms with Crippen molar-refractivity contribution in [3.8, 4) is 0 Å². The minimum atomic E-state index is -4.33. The van der Waals surface area contributed by atoms with Crippen LogP contribution in [0.3, 0.4) is 0 Å². The number of sulfonamides is 1. The monoisotopic (exact) mass is 683 g/mol. The van der Waals surface area contributed by atoms with E-state index in [1.807, 2.05) is 51.1 Å². The smallest absolute Gasteiger partial charge is 0.264 e. The van der Waals surface area contributed by atoms with E-state index in [2.05, 4.69) is 5.32 Å². The van der Waals surface area contributed by atoms with Gasteiger partial charge in [-0.25, -0.2) is 12.8 Å². The number of benzene rings is 4. The molecule has 0 radical (unpaired) electrons. The summed E-state index contributed by atoms with van der Waals surface area (Å²) in [7, 11) is -4.33. The largest absolute Gasteiger partial charge is 0.354 e. The molecule has 4 aromatic carbocycles. The highest BCUT2D eigenvalue weighted by molar-refractivity contribution is 7.92. The first-order valence-corrected chi connectivity index (χ1v) is 17.0. The number of hydrogen-bond donors (Lipinski definition) is 1. The molecule has 0 saturated carbocycles. The van der Waals surface area contributed by atoms with Gasteiger partial charge in [-0.3, -0.25) is 13.9 Å². The zero-order valence-corrected chi connectivity index (χ0v) is 28.1. The SMILES string of the molecule is Cc1ccc(S(=O)(=O)N(CC(=O)N(Cc2ccccc2F)[C@@H](Cc2ccccc2)C(=O)NCC(C)C)c2ccc(Cl)c(Cl)c2)cc1. The summed E-state index contributed by atoms with van der Waals surface area (Å²) in [6.45, 7) is 5.08. The Labute approximate surface area is 280 Å². The molecule has 4 aromatic rings. The molecule has 7 nitrogen and oxygen atoms in total. The Kier molecular flexibility index (Phi) is 11.8. The van der Waals surface area contributed by atoms with Crippen molar-refractivity contribution < 1.29 is 22.4 Å². The van der Waals surface area contributed by atoms with E-state index < -0.39 is 40.2 Å². The van der Waals surface area contributed by atoms with Crippen molar-refractivity contribution in [2.24, 2.45) is 5.92 Å². The highest BCUT2D eigenvalue weighted by Crippen LogP contribution is 2.31. The van der Waals surface area contributed by atoms with Gasteiger partial charge >= 0.3 is 0 Å². The number of anilines is 1. The molecular weight excluding hydrogens is 648 g/mol. The maximum absolute atomic E-state index is 15.0. The Bertz CT molecular complexity index is 1770. The lowest BCUT2D eigenvalue weighted by atomic mass is 10.0. The Hall–Kier alpha value is -3.92. The standard InChI is InChI=1S/C35H36Cl2FN3O4S/c1-24(2)21-39-35(43)33(19-26-9-5-4-6-10-26)40(22-27-11-7-8-12-32(27)38)34(42)23-41(28-15-18-30(36)31(37)20-28)46(44,45)29-16-13-25(3)14-17-29/h4-18,20,24,33H,19,21-23H2,1-3H3,(H,39,43)/t33-/m0/s1. The number of carbonyl (C=O) groups excluding carboxylic acids is 2. The fraction of sp³-hybridized carbons (Fsp3) is 0.257. The van der Waals surface area contributed by atoms with Gasteiger partial charge in [0.15, 0.2) is 0 Å². The van der Waals surface area contributed by atoms with E-state index in [0.29, 0.717) is 6.54 Å². The van der Waals surface area contributed by atoms with E-state index in [0.717, 1.165) is 15.4 Å². The molecule has 0 saturated heterocycles. The molecule has 0 aliphatic rings. The normalized spacial score (nSPS) is 12.1. The third-order valence-electron chi connectivity index (χ3n) is 7.33. The fourth-order valence-corrected chi connectivity index (χ4v) is 6.49. The van der Waals surface area contributed by atoms with Crippen LogP contribution in [0.4, 0.5) is 10.1 Å². The zero-order chi connectivity index (χ0) is 33.4. The molecule has 0 bridgehead atoms. The van der Waals surface area contributed by atoms with E-state index >= 15 is 4.39 Å². The lowest BCUT2D eigenvalue weighted by Crippen LogP contribution is -2.53. The van der Waals surface area contributed by atoms with Gasteiger partial charge in [0.05, 0.1) is 20.6 Å². The molecule has 1 atom stereocenters. The minimum Gasteiger partial charge on any atom is -0.354 e. The summed E-state index contributed by atoms with van der Waals surface area (Å²) in [5, 5.41) is 3.20. The van der Waals surface area contributed by atoms with Crippen LogP contribution in [0.2, 0.25) is 10.0 Å². The lowest BCUT2D eigenvalue weighted by molar-refractivity contribution is -0.140. The van der Waals surface area contributed by atoms with E-state index in [1.165, 1.54) is 53.4 Å². The molecule has 0 aliphatic carbocycles. The summed E-state index contributed by atoms with van der Waals surface area (Å²) >= 11 is 12.4. The molecule has 0 fully saturated rings. The Balaban J connectivity index is 1.82. The molecule has 0 aromatic heterocycles. The molecule has 0 unspecified atom stereocenters. The van der Waals surface area contributed by atoms with Gasteiger partial charge in [0, 0.05) is 25.1 Å². The van der Waals surface area contributed by atoms with Gasteiger partial charge in [-0.1, -0.05) is 103 Å². The van der Waals surface area contributed by atoms with Gasteiger partial charge in [0.2, 0.25) is 11.8 Å². The first kappa shape index (κ1) is 34.9. The Morgan fingerprint density at radius 1 is 0.870 bits per heavy atom. The predicted molar refractivity (Wildman–Crippen MR) is 181 cm³/mol. The minimum absolute atomic E-state index is 0.0480. The highest BCUT2D eigenvalue weighted by Gasteiger charge is 2.35. The van der Waals surface area contributed by atoms with E-state index in [-0.39, 0.29) is 45.1 Å². The number of nitrogens with one attached hydrogen (secondary N) is 1. The molecule has 1 N–H and O–H groups in total. The molecule has 0 aliphatic heterocycles. The number of nitrogens with zero attached hydrogens (tertiary/aromatic N) is 2. The first-order valence-electron chi connectivity index (χ1n) is 14.8. The van der Waals surface area contributed by atoms with Crippen LogP contribution in [0.5, 0.6) is 0 Å². The summed E-state index contributed by atoms with van der Waals surface area (Å²) in [6, 6.07) is 24.5. The number of rotatable bonds is 13. The van der Waals surface area contributed by atoms with E-state index in [1.54, 1.807) is 18.2 Å². The maximum atomic E-state index is 15.0. The topological polar surface area (TPSA) is 86.8 Å². The van der Waals surface area contributed by atoms with Crippen molar-refractivity contribution >= 4 is 50.7 Å². The molecular formula is C35H36Cl2FN3O4S. The van der Waals surface area contributed by atoms with E-state index in [4.69, 9.17) is 23.2 Å². The molecule has 4 rings (SSSR count). The highest BCUT2D eigenvalue weighted by atomic mass is 35.5. The molecule has 0 spiro atoms. The number of hydrogen-bond acceptors (Lipinski definition) is 4. The molecule has 2 amide bonds. The van der Waals surface area contributed by atoms with Crippen LogP contribution in [0.25, 0.3) is 0 Å². The third kappa shape index (κ3) is 8.87. The second-order valence-electron chi connectivity index (χ2n) is 11.4. The molecule has 11 heteroatoms. The lowest BCUT2D eigenvalue weighted by Gasteiger charge is -2.34. The van der Waals surface area contributed by atoms with Crippen LogP contribution < -0.4 is 9.62 Å². The van der Waals surface area contributed by atoms with Crippen molar-refractivity contribution in [1.82, 2.24) is 10.2 Å². The number of carbonyl (C=O) groups is 2. The predicted octanol–water partition coefficient (Wildman–Crippen LogP) is 7.05. The Morgan fingerprint density at radius 3 is 2.15 bits per heavy atom. The summed E-state index contributed by atoms with van der Waals surface area (Å²) in [4.78, 5) is 29.5. The first-order chi connectivity index (χ1) is 21.9. The summed E-state index contributed by atoms with van der Waals surface area (Å²) in [5.41, 5.74) is 1.89. The van der Waals surface area contributed by atoms with Gasteiger partial charge < -0.3 is 10.2 Å². The Morgan fingerprint density at radius 2 is 1.52 bits per heavy atom. The maximum Gasteiger partial charge on any atom is 0.264 e. The van der Waals surface area contributed by atoms with Gasteiger partial charge in [0.25, 0.3) is 10.0 Å². The second kappa shape index (κ2) is 15.6. The van der Waals surface area contributed by atoms with Crippen LogP contribution in [-0.2, 0) is 32.6 Å². The van der Waals surface area contributed by atoms with Crippen molar-refractivity contribution in [2.75, 3.05) is 17.4 Å². The van der Waals surface area contributed by atoms with Crippen LogP contribution >= 0.6 is 23.2 Å². The zero-order valence-electron chi connectivity index (χ0n) is 25.8. The average Bonchev–Trinajstić information content (AvgIpc) is 3.03. The van der Waals surface area contributed by atoms with Gasteiger partial charge in [-0.2, -0.15) is 0 Å². The second-order valence-corrected chi connectivity index (χ2v) is 14.1. The van der Waals surface area contributed by atoms with Crippen molar-refractivity contribution in [3.05, 3.63) is 130 Å². The van der Waals surface area contributed by atoms with E-state index in [9.17, 15) is 18.0 Å². The fourth-order valence-electron chi connectivity index (χ4n) is 4.79. The summed E-state index contributed by atoms with van der Waals surface area (Å²) < 4.78 is 44.2. The van der Waals surface area contributed by atoms with Gasteiger partial charge in [-0.05, 0) is 54.8 Å². The van der Waals surface area contributed by atoms with Crippen LogP contribution in [0.1, 0.15) is 30.5 Å². The van der Waals surface area contributed by atoms with Crippen molar-refractivity contribution in [2.45, 2.75) is 44.7 Å². The molecule has 46 heavy (non-hydrogen) atoms. The van der Waals surface area contributed by atoms with Crippen LogP contribution in [0.15, 0.2) is 102 Å². The number of aryl methyl sites for hydroxylation is 1. The summed E-state index contributed by atoms with van der Waals surface area (Å²) in [6.07, 6.45) is 0.114. The van der Waals surface area contributed by atoms with Gasteiger partial charge in [0.1, 0.15) is 18.4 Å². The molecule has 242 valence electrons. The van der Waals surface area contributed by atoms with Crippen molar-refractivity contribution in [1.29, 1.82) is 0 Å².